The molecule has 2 heteroatoms. The van der Waals surface area contributed by atoms with Crippen LogP contribution in [0.3, 0.4) is 0 Å². The van der Waals surface area contributed by atoms with E-state index in [-0.39, 0.29) is 0 Å². The molecule has 2 aliphatic rings. The first-order chi connectivity index (χ1) is 7.78. The molecule has 1 saturated heterocycles. The number of nitrogens with one attached hydrogen (secondary N) is 1. The Morgan fingerprint density at radius 1 is 1.19 bits per heavy atom. The van der Waals surface area contributed by atoms with Crippen LogP contribution in [0, 0.1) is 5.41 Å². The molecule has 2 fully saturated rings. The normalized spacial score (nSPS) is 26.6. The number of nitrogens with zero attached hydrogens (tertiary/aromatic N) is 1. The maximum Gasteiger partial charge on any atom is 0.00912 e. The number of likely N-dealkylation sites (tertiary alicyclic amines) is 1. The van der Waals surface area contributed by atoms with Crippen molar-refractivity contribution in [2.75, 3.05) is 26.2 Å². The SMILES string of the molecule is CCNC1CCN(CC2(CC)CCC2)CC1. The lowest BCUT2D eigenvalue weighted by Gasteiger charge is -2.46. The molecule has 94 valence electrons. The van der Waals surface area contributed by atoms with Gasteiger partial charge in [-0.05, 0) is 57.2 Å². The van der Waals surface area contributed by atoms with Crippen LogP contribution >= 0.6 is 0 Å². The summed E-state index contributed by atoms with van der Waals surface area (Å²) < 4.78 is 0. The predicted octanol–water partition coefficient (Wildman–Crippen LogP) is 2.64. The molecule has 16 heavy (non-hydrogen) atoms. The quantitative estimate of drug-likeness (QED) is 0.772. The van der Waals surface area contributed by atoms with Gasteiger partial charge in [-0.15, -0.1) is 0 Å². The van der Waals surface area contributed by atoms with E-state index in [1.807, 2.05) is 0 Å². The second-order valence-electron chi connectivity index (χ2n) is 5.82. The van der Waals surface area contributed by atoms with Crippen molar-refractivity contribution in [2.24, 2.45) is 5.41 Å². The fourth-order valence-corrected chi connectivity index (χ4v) is 3.36. The molecule has 0 aromatic heterocycles. The van der Waals surface area contributed by atoms with Crippen LogP contribution in [0.15, 0.2) is 0 Å². The first-order valence-electron chi connectivity index (χ1n) is 7.24. The Kier molecular flexibility index (Phi) is 4.26. The lowest BCUT2D eigenvalue weighted by atomic mass is 9.66. The van der Waals surface area contributed by atoms with E-state index >= 15 is 0 Å². The van der Waals surface area contributed by atoms with Crippen molar-refractivity contribution in [3.63, 3.8) is 0 Å². The van der Waals surface area contributed by atoms with Gasteiger partial charge in [0, 0.05) is 12.6 Å². The second-order valence-corrected chi connectivity index (χ2v) is 5.82. The molecule has 1 heterocycles. The largest absolute Gasteiger partial charge is 0.314 e. The Balaban J connectivity index is 1.72. The van der Waals surface area contributed by atoms with Gasteiger partial charge in [0.25, 0.3) is 0 Å². The van der Waals surface area contributed by atoms with Crippen molar-refractivity contribution in [3.05, 3.63) is 0 Å². The predicted molar refractivity (Wildman–Crippen MR) is 69.7 cm³/mol. The highest BCUT2D eigenvalue weighted by Crippen LogP contribution is 2.44. The molecule has 1 saturated carbocycles. The topological polar surface area (TPSA) is 15.3 Å². The van der Waals surface area contributed by atoms with E-state index in [4.69, 9.17) is 0 Å². The smallest absolute Gasteiger partial charge is 0.00912 e. The average molecular weight is 224 g/mol. The molecule has 0 aromatic rings. The Bertz CT molecular complexity index is 197. The minimum Gasteiger partial charge on any atom is -0.314 e. The van der Waals surface area contributed by atoms with Gasteiger partial charge in [0.15, 0.2) is 0 Å². The summed E-state index contributed by atoms with van der Waals surface area (Å²) in [5.74, 6) is 0. The molecule has 0 atom stereocenters. The van der Waals surface area contributed by atoms with Crippen molar-refractivity contribution in [3.8, 4) is 0 Å². The first kappa shape index (κ1) is 12.4. The third-order valence-corrected chi connectivity index (χ3v) is 4.80. The van der Waals surface area contributed by atoms with Gasteiger partial charge in [0.2, 0.25) is 0 Å². The fraction of sp³-hybridized carbons (Fsp3) is 1.00. The van der Waals surface area contributed by atoms with Crippen LogP contribution in [0.4, 0.5) is 0 Å². The highest BCUT2D eigenvalue weighted by Gasteiger charge is 2.37. The van der Waals surface area contributed by atoms with Crippen LogP contribution in [0.5, 0.6) is 0 Å². The van der Waals surface area contributed by atoms with Gasteiger partial charge in [-0.25, -0.2) is 0 Å². The summed E-state index contributed by atoms with van der Waals surface area (Å²) in [6.45, 7) is 9.74. The molecule has 0 unspecified atom stereocenters. The van der Waals surface area contributed by atoms with E-state index in [1.165, 1.54) is 58.2 Å². The van der Waals surface area contributed by atoms with Crippen molar-refractivity contribution >= 4 is 0 Å². The molecule has 0 amide bonds. The third kappa shape index (κ3) is 2.78. The van der Waals surface area contributed by atoms with Crippen LogP contribution in [0.1, 0.15) is 52.4 Å². The van der Waals surface area contributed by atoms with E-state index in [1.54, 1.807) is 0 Å². The number of piperidine rings is 1. The van der Waals surface area contributed by atoms with E-state index in [9.17, 15) is 0 Å². The van der Waals surface area contributed by atoms with Crippen molar-refractivity contribution in [2.45, 2.75) is 58.4 Å². The molecule has 0 bridgehead atoms. The summed E-state index contributed by atoms with van der Waals surface area (Å²) in [5.41, 5.74) is 0.713. The minimum absolute atomic E-state index is 0.713. The summed E-state index contributed by atoms with van der Waals surface area (Å²) in [4.78, 5) is 2.72. The fourth-order valence-electron chi connectivity index (χ4n) is 3.36. The number of rotatable bonds is 5. The summed E-state index contributed by atoms with van der Waals surface area (Å²) >= 11 is 0. The highest BCUT2D eigenvalue weighted by atomic mass is 15.1. The summed E-state index contributed by atoms with van der Waals surface area (Å²) in [6.07, 6.45) is 8.54. The number of hydrogen-bond acceptors (Lipinski definition) is 2. The molecule has 0 radical (unpaired) electrons. The zero-order valence-corrected chi connectivity index (χ0v) is 11.1. The van der Waals surface area contributed by atoms with Crippen LogP contribution in [0.2, 0.25) is 0 Å². The molecule has 2 nitrogen and oxygen atoms in total. The van der Waals surface area contributed by atoms with Gasteiger partial charge in [0.1, 0.15) is 0 Å². The first-order valence-corrected chi connectivity index (χ1v) is 7.24. The molecule has 2 rings (SSSR count). The summed E-state index contributed by atoms with van der Waals surface area (Å²) in [6, 6.07) is 0.792. The van der Waals surface area contributed by atoms with Crippen LogP contribution in [-0.2, 0) is 0 Å². The van der Waals surface area contributed by atoms with Gasteiger partial charge in [-0.1, -0.05) is 20.3 Å². The Hall–Kier alpha value is -0.0800. The van der Waals surface area contributed by atoms with Gasteiger partial charge in [-0.2, -0.15) is 0 Å². The highest BCUT2D eigenvalue weighted by molar-refractivity contribution is 4.90. The van der Waals surface area contributed by atoms with Gasteiger partial charge in [0.05, 0.1) is 0 Å². The molecule has 0 aromatic carbocycles. The molecule has 0 spiro atoms. The second kappa shape index (κ2) is 5.50. The zero-order chi connectivity index (χ0) is 11.4. The van der Waals surface area contributed by atoms with Gasteiger partial charge in [-0.3, -0.25) is 0 Å². The van der Waals surface area contributed by atoms with Crippen LogP contribution in [0.25, 0.3) is 0 Å². The zero-order valence-electron chi connectivity index (χ0n) is 11.1. The van der Waals surface area contributed by atoms with Crippen LogP contribution in [-0.4, -0.2) is 37.1 Å². The van der Waals surface area contributed by atoms with Gasteiger partial charge < -0.3 is 10.2 Å². The van der Waals surface area contributed by atoms with Crippen molar-refractivity contribution < 1.29 is 0 Å². The van der Waals surface area contributed by atoms with Gasteiger partial charge >= 0.3 is 0 Å². The number of hydrogen-bond donors (Lipinski definition) is 1. The standard InChI is InChI=1S/C14H28N2/c1-3-14(8-5-9-14)12-16-10-6-13(7-11-16)15-4-2/h13,15H,3-12H2,1-2H3. The Morgan fingerprint density at radius 2 is 1.88 bits per heavy atom. The lowest BCUT2D eigenvalue weighted by molar-refractivity contribution is 0.0486. The molecular formula is C14H28N2. The molecular weight excluding hydrogens is 196 g/mol. The van der Waals surface area contributed by atoms with Crippen molar-refractivity contribution in [1.29, 1.82) is 0 Å². The van der Waals surface area contributed by atoms with Crippen molar-refractivity contribution in [1.82, 2.24) is 10.2 Å². The summed E-state index contributed by atoms with van der Waals surface area (Å²) in [7, 11) is 0. The summed E-state index contributed by atoms with van der Waals surface area (Å²) in [5, 5.41) is 3.58. The Labute approximate surface area is 101 Å². The van der Waals surface area contributed by atoms with E-state index in [2.05, 4.69) is 24.1 Å². The lowest BCUT2D eigenvalue weighted by Crippen LogP contribution is -2.48. The maximum atomic E-state index is 3.58. The molecule has 1 aliphatic heterocycles. The van der Waals surface area contributed by atoms with Crippen LogP contribution < -0.4 is 5.32 Å². The Morgan fingerprint density at radius 3 is 2.31 bits per heavy atom. The average Bonchev–Trinajstić information content (AvgIpc) is 2.26. The molecule has 1 N–H and O–H groups in total. The monoisotopic (exact) mass is 224 g/mol. The van der Waals surface area contributed by atoms with E-state index in [0.717, 1.165) is 12.6 Å². The maximum absolute atomic E-state index is 3.58. The van der Waals surface area contributed by atoms with E-state index in [0.29, 0.717) is 5.41 Å². The van der Waals surface area contributed by atoms with E-state index < -0.39 is 0 Å². The third-order valence-electron chi connectivity index (χ3n) is 4.80. The molecule has 1 aliphatic carbocycles. The minimum atomic E-state index is 0.713.